The highest BCUT2D eigenvalue weighted by Gasteiger charge is 2.51. The van der Waals surface area contributed by atoms with Gasteiger partial charge in [-0.25, -0.2) is 0 Å². The van der Waals surface area contributed by atoms with Crippen molar-refractivity contribution in [3.63, 3.8) is 0 Å². The van der Waals surface area contributed by atoms with Crippen LogP contribution in [0.1, 0.15) is 32.6 Å². The molecule has 0 saturated heterocycles. The van der Waals surface area contributed by atoms with E-state index in [2.05, 4.69) is 5.32 Å². The number of carboxylic acids is 1. The van der Waals surface area contributed by atoms with Gasteiger partial charge in [0.25, 0.3) is 0 Å². The fourth-order valence-electron chi connectivity index (χ4n) is 1.80. The summed E-state index contributed by atoms with van der Waals surface area (Å²) >= 11 is 0. The van der Waals surface area contributed by atoms with Crippen molar-refractivity contribution in [2.75, 3.05) is 13.7 Å². The second-order valence-corrected chi connectivity index (χ2v) is 4.40. The molecule has 1 amide bonds. The molecule has 5 nitrogen and oxygen atoms in total. The number of carbonyl (C=O) groups excluding carboxylic acids is 1. The topological polar surface area (TPSA) is 75.6 Å². The molecule has 1 fully saturated rings. The first-order chi connectivity index (χ1) is 7.53. The molecule has 1 rings (SSSR count). The Balaban J connectivity index is 2.47. The van der Waals surface area contributed by atoms with Crippen molar-refractivity contribution >= 4 is 11.9 Å². The van der Waals surface area contributed by atoms with Crippen LogP contribution in [0.2, 0.25) is 0 Å². The van der Waals surface area contributed by atoms with Gasteiger partial charge in [-0.15, -0.1) is 0 Å². The average Bonchev–Trinajstić information content (AvgIpc) is 2.11. The smallest absolute Gasteiger partial charge is 0.319 e. The van der Waals surface area contributed by atoms with Gasteiger partial charge in [-0.05, 0) is 26.2 Å². The zero-order chi connectivity index (χ0) is 12.2. The lowest BCUT2D eigenvalue weighted by atomic mass is 9.68. The first-order valence-electron chi connectivity index (χ1n) is 5.56. The minimum atomic E-state index is -1.17. The Morgan fingerprint density at radius 2 is 2.12 bits per heavy atom. The molecule has 0 aromatic carbocycles. The van der Waals surface area contributed by atoms with Crippen molar-refractivity contribution in [2.45, 2.75) is 38.6 Å². The van der Waals surface area contributed by atoms with Crippen LogP contribution in [-0.4, -0.2) is 36.7 Å². The highest BCUT2D eigenvalue weighted by atomic mass is 16.5. The van der Waals surface area contributed by atoms with Crippen molar-refractivity contribution < 1.29 is 19.4 Å². The molecule has 0 aromatic rings. The van der Waals surface area contributed by atoms with E-state index in [-0.39, 0.29) is 11.9 Å². The maximum atomic E-state index is 11.8. The molecule has 1 aliphatic carbocycles. The zero-order valence-corrected chi connectivity index (χ0v) is 9.78. The molecule has 1 aliphatic rings. The molecule has 5 heteroatoms. The normalized spacial score (nSPS) is 19.6. The number of amides is 1. The molecular formula is C11H19NO4. The first-order valence-corrected chi connectivity index (χ1v) is 5.56. The van der Waals surface area contributed by atoms with Gasteiger partial charge in [0.15, 0.2) is 0 Å². The van der Waals surface area contributed by atoms with Crippen LogP contribution >= 0.6 is 0 Å². The largest absolute Gasteiger partial charge is 0.480 e. The molecule has 0 aliphatic heterocycles. The van der Waals surface area contributed by atoms with Gasteiger partial charge in [-0.1, -0.05) is 6.42 Å². The van der Waals surface area contributed by atoms with E-state index in [1.807, 2.05) is 6.92 Å². The summed E-state index contributed by atoms with van der Waals surface area (Å²) in [7, 11) is 1.60. The number of methoxy groups -OCH3 is 1. The molecule has 1 saturated carbocycles. The number of carboxylic acid groups (broad SMARTS) is 1. The van der Waals surface area contributed by atoms with E-state index >= 15 is 0 Å². The zero-order valence-electron chi connectivity index (χ0n) is 9.78. The van der Waals surface area contributed by atoms with E-state index in [1.165, 1.54) is 0 Å². The van der Waals surface area contributed by atoms with E-state index in [1.54, 1.807) is 7.11 Å². The van der Waals surface area contributed by atoms with Gasteiger partial charge >= 0.3 is 5.97 Å². The standard InChI is InChI=1S/C11H19NO4/c1-8(4-7-16-2)12-9(13)11(10(14)15)5-3-6-11/h8H,3-7H2,1-2H3,(H,12,13)(H,14,15). The third-order valence-electron chi connectivity index (χ3n) is 3.18. The summed E-state index contributed by atoms with van der Waals surface area (Å²) in [6, 6.07) is -0.0516. The molecule has 0 bridgehead atoms. The predicted molar refractivity (Wildman–Crippen MR) is 58.0 cm³/mol. The van der Waals surface area contributed by atoms with Crippen LogP contribution in [-0.2, 0) is 14.3 Å². The maximum absolute atomic E-state index is 11.8. The third-order valence-corrected chi connectivity index (χ3v) is 3.18. The van der Waals surface area contributed by atoms with Gasteiger partial charge < -0.3 is 15.2 Å². The number of hydrogen-bond acceptors (Lipinski definition) is 3. The summed E-state index contributed by atoms with van der Waals surface area (Å²) in [6.45, 7) is 2.41. The van der Waals surface area contributed by atoms with E-state index in [0.717, 1.165) is 6.42 Å². The highest BCUT2D eigenvalue weighted by Crippen LogP contribution is 2.41. The second kappa shape index (κ2) is 5.30. The Hall–Kier alpha value is -1.10. The van der Waals surface area contributed by atoms with Gasteiger partial charge in [0, 0.05) is 19.8 Å². The summed E-state index contributed by atoms with van der Waals surface area (Å²) < 4.78 is 4.90. The van der Waals surface area contributed by atoms with Gasteiger partial charge in [-0.2, -0.15) is 0 Å². The van der Waals surface area contributed by atoms with Crippen LogP contribution in [0.3, 0.4) is 0 Å². The van der Waals surface area contributed by atoms with E-state index < -0.39 is 11.4 Å². The lowest BCUT2D eigenvalue weighted by Crippen LogP contribution is -2.53. The molecule has 0 aromatic heterocycles. The van der Waals surface area contributed by atoms with Crippen LogP contribution in [0, 0.1) is 5.41 Å². The molecule has 0 radical (unpaired) electrons. The number of nitrogens with one attached hydrogen (secondary N) is 1. The summed E-state index contributed by atoms with van der Waals surface area (Å²) in [5.41, 5.74) is -1.17. The number of rotatable bonds is 6. The van der Waals surface area contributed by atoms with Crippen molar-refractivity contribution in [1.29, 1.82) is 0 Å². The fourth-order valence-corrected chi connectivity index (χ4v) is 1.80. The van der Waals surface area contributed by atoms with Crippen LogP contribution in [0.15, 0.2) is 0 Å². The first kappa shape index (κ1) is 13.0. The molecule has 16 heavy (non-hydrogen) atoms. The fraction of sp³-hybridized carbons (Fsp3) is 0.818. The lowest BCUT2D eigenvalue weighted by molar-refractivity contribution is -0.162. The summed E-state index contributed by atoms with van der Waals surface area (Å²) in [5.74, 6) is -1.36. The Morgan fingerprint density at radius 3 is 2.50 bits per heavy atom. The highest BCUT2D eigenvalue weighted by molar-refractivity contribution is 6.02. The Labute approximate surface area is 95.2 Å². The molecule has 2 N–H and O–H groups in total. The van der Waals surface area contributed by atoms with Crippen LogP contribution in [0.5, 0.6) is 0 Å². The Morgan fingerprint density at radius 1 is 1.50 bits per heavy atom. The van der Waals surface area contributed by atoms with Crippen LogP contribution in [0.25, 0.3) is 0 Å². The van der Waals surface area contributed by atoms with Crippen molar-refractivity contribution in [3.05, 3.63) is 0 Å². The lowest BCUT2D eigenvalue weighted by Gasteiger charge is -2.36. The average molecular weight is 229 g/mol. The molecule has 92 valence electrons. The predicted octanol–water partition coefficient (Wildman–Crippen LogP) is 0.782. The molecular weight excluding hydrogens is 210 g/mol. The Bertz CT molecular complexity index is 273. The summed E-state index contributed by atoms with van der Waals surface area (Å²) in [4.78, 5) is 22.9. The van der Waals surface area contributed by atoms with Gasteiger partial charge in [0.05, 0.1) is 0 Å². The van der Waals surface area contributed by atoms with Crippen molar-refractivity contribution in [1.82, 2.24) is 5.32 Å². The summed E-state index contributed by atoms with van der Waals surface area (Å²) in [5, 5.41) is 11.8. The van der Waals surface area contributed by atoms with Crippen LogP contribution in [0.4, 0.5) is 0 Å². The van der Waals surface area contributed by atoms with Crippen molar-refractivity contribution in [2.24, 2.45) is 5.41 Å². The third kappa shape index (κ3) is 2.52. The van der Waals surface area contributed by atoms with E-state index in [0.29, 0.717) is 25.9 Å². The summed E-state index contributed by atoms with van der Waals surface area (Å²) in [6.07, 6.45) is 2.40. The van der Waals surface area contributed by atoms with E-state index in [9.17, 15) is 9.59 Å². The maximum Gasteiger partial charge on any atom is 0.319 e. The van der Waals surface area contributed by atoms with Crippen LogP contribution < -0.4 is 5.32 Å². The monoisotopic (exact) mass is 229 g/mol. The SMILES string of the molecule is COCCC(C)NC(=O)C1(C(=O)O)CCC1. The minimum Gasteiger partial charge on any atom is -0.480 e. The van der Waals surface area contributed by atoms with E-state index in [4.69, 9.17) is 9.84 Å². The number of carbonyl (C=O) groups is 2. The number of aliphatic carboxylic acids is 1. The van der Waals surface area contributed by atoms with Gasteiger partial charge in [0.2, 0.25) is 5.91 Å². The minimum absolute atomic E-state index is 0.0516. The quantitative estimate of drug-likeness (QED) is 0.660. The molecule has 0 heterocycles. The van der Waals surface area contributed by atoms with Gasteiger partial charge in [-0.3, -0.25) is 9.59 Å². The van der Waals surface area contributed by atoms with Crippen molar-refractivity contribution in [3.8, 4) is 0 Å². The molecule has 0 spiro atoms. The number of ether oxygens (including phenoxy) is 1. The number of hydrogen-bond donors (Lipinski definition) is 2. The van der Waals surface area contributed by atoms with Gasteiger partial charge in [0.1, 0.15) is 5.41 Å². The second-order valence-electron chi connectivity index (χ2n) is 4.40. The molecule has 1 atom stereocenters. The Kier molecular flexibility index (Phi) is 4.29. The molecule has 1 unspecified atom stereocenters.